The van der Waals surface area contributed by atoms with Crippen LogP contribution in [0.1, 0.15) is 0 Å². The van der Waals surface area contributed by atoms with Crippen molar-refractivity contribution in [2.75, 3.05) is 0 Å². The lowest BCUT2D eigenvalue weighted by Gasteiger charge is -2.09. The maximum absolute atomic E-state index is 13.7. The van der Waals surface area contributed by atoms with Crippen molar-refractivity contribution in [2.24, 2.45) is 0 Å². The maximum Gasteiger partial charge on any atom is 0.349 e. The van der Waals surface area contributed by atoms with Gasteiger partial charge in [-0.3, -0.25) is 0 Å². The minimum atomic E-state index is -0.526. The summed E-state index contributed by atoms with van der Waals surface area (Å²) in [4.78, 5) is 17.7. The summed E-state index contributed by atoms with van der Waals surface area (Å²) in [5.74, 6) is 0.0287. The van der Waals surface area contributed by atoms with E-state index in [2.05, 4.69) is 4.98 Å². The molecule has 0 amide bonds. The van der Waals surface area contributed by atoms with Gasteiger partial charge in [0.15, 0.2) is 5.65 Å². The Balaban J connectivity index is 1.77. The zero-order valence-electron chi connectivity index (χ0n) is 17.3. The number of fused-ring (bicyclic) bond motifs is 3. The van der Waals surface area contributed by atoms with Gasteiger partial charge in [-0.25, -0.2) is 18.7 Å². The Hall–Kier alpha value is -4.58. The van der Waals surface area contributed by atoms with E-state index in [0.29, 0.717) is 28.1 Å². The lowest BCUT2D eigenvalue weighted by atomic mass is 9.98. The van der Waals surface area contributed by atoms with Crippen LogP contribution in [0.5, 0.6) is 0 Å². The zero-order valence-corrected chi connectivity index (χ0v) is 17.3. The predicted molar refractivity (Wildman–Crippen MR) is 125 cm³/mol. The normalized spacial score (nSPS) is 11.3. The summed E-state index contributed by atoms with van der Waals surface area (Å²) in [7, 11) is 0. The molecule has 0 aliphatic rings. The maximum atomic E-state index is 13.7. The van der Waals surface area contributed by atoms with Crippen LogP contribution in [0.2, 0.25) is 0 Å². The molecule has 0 spiro atoms. The van der Waals surface area contributed by atoms with Gasteiger partial charge in [-0.1, -0.05) is 72.8 Å². The molecule has 0 radical (unpaired) electrons. The number of aromatic nitrogens is 3. The van der Waals surface area contributed by atoms with Gasteiger partial charge in [-0.2, -0.15) is 5.10 Å². The third-order valence-electron chi connectivity index (χ3n) is 5.62. The molecule has 3 aromatic carbocycles. The van der Waals surface area contributed by atoms with Crippen molar-refractivity contribution in [3.63, 3.8) is 0 Å². The Morgan fingerprint density at radius 3 is 2.12 bits per heavy atom. The first-order chi connectivity index (χ1) is 16.2. The number of hydrogen-bond acceptors (Lipinski definition) is 4. The standard InChI is InChI=1S/C27H16FN3O2/c28-20-13-11-18(12-14-20)22-24-23(27(32)33-25(22)19-9-5-2-6-10-19)26-29-16-15-21(31(26)30-24)17-7-3-1-4-8-17/h1-16H. The average Bonchev–Trinajstić information content (AvgIpc) is 3.26. The molecule has 6 aromatic rings. The van der Waals surface area contributed by atoms with Crippen LogP contribution in [0.3, 0.4) is 0 Å². The molecule has 5 nitrogen and oxygen atoms in total. The highest BCUT2D eigenvalue weighted by molar-refractivity contribution is 6.04. The highest BCUT2D eigenvalue weighted by Gasteiger charge is 2.23. The van der Waals surface area contributed by atoms with E-state index in [9.17, 15) is 9.18 Å². The fourth-order valence-corrected chi connectivity index (χ4v) is 4.12. The summed E-state index contributed by atoms with van der Waals surface area (Å²) in [6.07, 6.45) is 1.65. The number of hydrogen-bond donors (Lipinski definition) is 0. The van der Waals surface area contributed by atoms with Crippen LogP contribution < -0.4 is 5.63 Å². The third kappa shape index (κ3) is 3.11. The van der Waals surface area contributed by atoms with Gasteiger partial charge in [-0.15, -0.1) is 0 Å². The molecule has 0 unspecified atom stereocenters. The molecule has 0 bridgehead atoms. The Morgan fingerprint density at radius 1 is 0.758 bits per heavy atom. The second-order valence-corrected chi connectivity index (χ2v) is 7.62. The first kappa shape index (κ1) is 19.1. The molecule has 0 N–H and O–H groups in total. The summed E-state index contributed by atoms with van der Waals surface area (Å²) in [5, 5.41) is 5.12. The fraction of sp³-hybridized carbons (Fsp3) is 0. The summed E-state index contributed by atoms with van der Waals surface area (Å²) in [6, 6.07) is 27.0. The molecular weight excluding hydrogens is 417 g/mol. The van der Waals surface area contributed by atoms with Gasteiger partial charge in [0.1, 0.15) is 22.5 Å². The van der Waals surface area contributed by atoms with Crippen molar-refractivity contribution in [1.82, 2.24) is 14.6 Å². The average molecular weight is 433 g/mol. The van der Waals surface area contributed by atoms with Crippen molar-refractivity contribution < 1.29 is 8.81 Å². The second-order valence-electron chi connectivity index (χ2n) is 7.62. The van der Waals surface area contributed by atoms with Gasteiger partial charge < -0.3 is 4.42 Å². The lowest BCUT2D eigenvalue weighted by Crippen LogP contribution is -2.03. The number of halogens is 1. The van der Waals surface area contributed by atoms with Crippen molar-refractivity contribution in [2.45, 2.75) is 0 Å². The first-order valence-corrected chi connectivity index (χ1v) is 10.4. The third-order valence-corrected chi connectivity index (χ3v) is 5.62. The van der Waals surface area contributed by atoms with Crippen molar-refractivity contribution in [3.8, 4) is 33.7 Å². The van der Waals surface area contributed by atoms with Gasteiger partial charge in [-0.05, 0) is 23.8 Å². The second kappa shape index (κ2) is 7.53. The largest absolute Gasteiger partial charge is 0.421 e. The molecule has 33 heavy (non-hydrogen) atoms. The van der Waals surface area contributed by atoms with Crippen LogP contribution in [0.25, 0.3) is 50.3 Å². The van der Waals surface area contributed by atoms with E-state index in [0.717, 1.165) is 16.8 Å². The summed E-state index contributed by atoms with van der Waals surface area (Å²) < 4.78 is 21.2. The molecule has 0 aliphatic heterocycles. The smallest absolute Gasteiger partial charge is 0.349 e. The minimum absolute atomic E-state index is 0.284. The molecule has 0 saturated heterocycles. The Bertz CT molecular complexity index is 1670. The number of benzene rings is 3. The Morgan fingerprint density at radius 2 is 1.42 bits per heavy atom. The van der Waals surface area contributed by atoms with Crippen molar-refractivity contribution in [3.05, 3.63) is 113 Å². The molecule has 158 valence electrons. The molecule has 3 heterocycles. The van der Waals surface area contributed by atoms with Gasteiger partial charge >= 0.3 is 5.63 Å². The van der Waals surface area contributed by atoms with E-state index in [1.165, 1.54) is 12.1 Å². The highest BCUT2D eigenvalue weighted by atomic mass is 19.1. The minimum Gasteiger partial charge on any atom is -0.421 e. The molecule has 0 fully saturated rings. The topological polar surface area (TPSA) is 60.4 Å². The fourth-order valence-electron chi connectivity index (χ4n) is 4.12. The van der Waals surface area contributed by atoms with E-state index in [-0.39, 0.29) is 11.2 Å². The summed E-state index contributed by atoms with van der Waals surface area (Å²) in [6.45, 7) is 0. The van der Waals surface area contributed by atoms with Crippen LogP contribution in [0.4, 0.5) is 4.39 Å². The van der Waals surface area contributed by atoms with E-state index in [1.54, 1.807) is 22.8 Å². The van der Waals surface area contributed by atoms with Gasteiger partial charge in [0.05, 0.1) is 11.3 Å². The van der Waals surface area contributed by atoms with E-state index in [1.807, 2.05) is 66.7 Å². The lowest BCUT2D eigenvalue weighted by molar-refractivity contribution is 0.536. The van der Waals surface area contributed by atoms with E-state index in [4.69, 9.17) is 9.52 Å². The molecular formula is C27H16FN3O2. The van der Waals surface area contributed by atoms with E-state index < -0.39 is 5.63 Å². The van der Waals surface area contributed by atoms with Gasteiger partial charge in [0.25, 0.3) is 0 Å². The first-order valence-electron chi connectivity index (χ1n) is 10.4. The van der Waals surface area contributed by atoms with Crippen LogP contribution >= 0.6 is 0 Å². The highest BCUT2D eigenvalue weighted by Crippen LogP contribution is 2.37. The van der Waals surface area contributed by atoms with Gasteiger partial charge in [0.2, 0.25) is 0 Å². The van der Waals surface area contributed by atoms with Gasteiger partial charge in [0, 0.05) is 17.3 Å². The van der Waals surface area contributed by atoms with Crippen LogP contribution in [0.15, 0.2) is 106 Å². The SMILES string of the molecule is O=c1oc(-c2ccccc2)c(-c2ccc(F)cc2)c2nn3c(-c4ccccc4)ccnc3c12. The Labute approximate surface area is 187 Å². The van der Waals surface area contributed by atoms with Crippen LogP contribution in [0, 0.1) is 5.82 Å². The molecule has 0 saturated carbocycles. The molecule has 6 rings (SSSR count). The number of nitrogens with zero attached hydrogens (tertiary/aromatic N) is 3. The van der Waals surface area contributed by atoms with Crippen molar-refractivity contribution in [1.29, 1.82) is 0 Å². The monoisotopic (exact) mass is 433 g/mol. The zero-order chi connectivity index (χ0) is 22.4. The molecule has 3 aromatic heterocycles. The summed E-state index contributed by atoms with van der Waals surface area (Å²) >= 11 is 0. The van der Waals surface area contributed by atoms with Crippen LogP contribution in [-0.2, 0) is 0 Å². The van der Waals surface area contributed by atoms with Crippen molar-refractivity contribution >= 4 is 16.6 Å². The van der Waals surface area contributed by atoms with Crippen LogP contribution in [-0.4, -0.2) is 14.6 Å². The Kier molecular flexibility index (Phi) is 4.36. The summed E-state index contributed by atoms with van der Waals surface area (Å²) in [5.41, 5.74) is 4.09. The van der Waals surface area contributed by atoms with E-state index >= 15 is 0 Å². The predicted octanol–water partition coefficient (Wildman–Crippen LogP) is 5.98. The molecule has 0 atom stereocenters. The quantitative estimate of drug-likeness (QED) is 0.345. The molecule has 6 heteroatoms. The number of rotatable bonds is 3. The molecule has 0 aliphatic carbocycles.